The molecule has 0 bridgehead atoms. The van der Waals surface area contributed by atoms with E-state index in [-0.39, 0.29) is 5.95 Å². The van der Waals surface area contributed by atoms with Crippen molar-refractivity contribution in [3.8, 4) is 0 Å². The van der Waals surface area contributed by atoms with Gasteiger partial charge in [0, 0.05) is 6.42 Å². The normalized spacial score (nSPS) is 12.2. The standard InChI is InChI=1S/C16H32O3/c1-4-7-10-11-12-15(18-13-8-5-2)16(17)19-14-9-6-3/h17H,4-14H2,1-3H3. The molecule has 0 saturated carbocycles. The summed E-state index contributed by atoms with van der Waals surface area (Å²) < 4.78 is 11.0. The lowest BCUT2D eigenvalue weighted by molar-refractivity contribution is 0.0550. The molecule has 0 aliphatic carbocycles. The maximum absolute atomic E-state index is 9.92. The fourth-order valence-electron chi connectivity index (χ4n) is 1.69. The van der Waals surface area contributed by atoms with Gasteiger partial charge in [0.1, 0.15) is 0 Å². The second-order valence-electron chi connectivity index (χ2n) is 4.94. The molecule has 0 aromatic rings. The Bertz CT molecular complexity index is 224. The van der Waals surface area contributed by atoms with Crippen LogP contribution in [-0.2, 0) is 9.47 Å². The van der Waals surface area contributed by atoms with Crippen molar-refractivity contribution >= 4 is 0 Å². The Hall–Kier alpha value is -0.860. The minimum atomic E-state index is 0.000974. The number of aliphatic hydroxyl groups is 1. The molecule has 0 saturated heterocycles. The average Bonchev–Trinajstić information content (AvgIpc) is 2.41. The highest BCUT2D eigenvalue weighted by Gasteiger charge is 2.09. The van der Waals surface area contributed by atoms with Gasteiger partial charge in [0.15, 0.2) is 5.76 Å². The number of rotatable bonds is 13. The van der Waals surface area contributed by atoms with Crippen LogP contribution in [0.4, 0.5) is 0 Å². The van der Waals surface area contributed by atoms with E-state index < -0.39 is 0 Å². The Morgan fingerprint density at radius 3 is 1.89 bits per heavy atom. The Kier molecular flexibility index (Phi) is 13.0. The summed E-state index contributed by atoms with van der Waals surface area (Å²) in [6, 6.07) is 0. The van der Waals surface area contributed by atoms with Gasteiger partial charge in [-0.05, 0) is 19.3 Å². The first-order valence-electron chi connectivity index (χ1n) is 7.93. The predicted octanol–water partition coefficient (Wildman–Crippen LogP) is 5.32. The van der Waals surface area contributed by atoms with Crippen LogP contribution in [-0.4, -0.2) is 18.3 Å². The number of aliphatic hydroxyl groups excluding tert-OH is 1. The van der Waals surface area contributed by atoms with Gasteiger partial charge in [-0.3, -0.25) is 0 Å². The molecule has 0 atom stereocenters. The summed E-state index contributed by atoms with van der Waals surface area (Å²) >= 11 is 0. The van der Waals surface area contributed by atoms with Crippen LogP contribution in [0.3, 0.4) is 0 Å². The minimum Gasteiger partial charge on any atom is -0.491 e. The summed E-state index contributed by atoms with van der Waals surface area (Å²) in [7, 11) is 0. The third kappa shape index (κ3) is 10.7. The lowest BCUT2D eigenvalue weighted by Gasteiger charge is -2.13. The topological polar surface area (TPSA) is 38.7 Å². The molecule has 0 aromatic carbocycles. The number of ether oxygens (including phenoxy) is 2. The van der Waals surface area contributed by atoms with Gasteiger partial charge in [0.25, 0.3) is 0 Å². The highest BCUT2D eigenvalue weighted by Crippen LogP contribution is 2.16. The van der Waals surface area contributed by atoms with Crippen molar-refractivity contribution in [1.29, 1.82) is 0 Å². The van der Waals surface area contributed by atoms with Gasteiger partial charge in [-0.1, -0.05) is 52.9 Å². The van der Waals surface area contributed by atoms with Gasteiger partial charge in [-0.2, -0.15) is 0 Å². The van der Waals surface area contributed by atoms with E-state index in [2.05, 4.69) is 20.8 Å². The largest absolute Gasteiger partial charge is 0.491 e. The molecule has 1 N–H and O–H groups in total. The van der Waals surface area contributed by atoms with Crippen molar-refractivity contribution in [2.24, 2.45) is 0 Å². The molecule has 0 rings (SSSR count). The molecule has 0 heterocycles. The molecular weight excluding hydrogens is 240 g/mol. The lowest BCUT2D eigenvalue weighted by Crippen LogP contribution is -2.04. The molecule has 3 heteroatoms. The minimum absolute atomic E-state index is 0.000974. The Morgan fingerprint density at radius 1 is 0.737 bits per heavy atom. The third-order valence-corrected chi connectivity index (χ3v) is 3.01. The molecule has 0 spiro atoms. The maximum atomic E-state index is 9.92. The predicted molar refractivity (Wildman–Crippen MR) is 80.1 cm³/mol. The number of allylic oxidation sites excluding steroid dienone is 1. The van der Waals surface area contributed by atoms with E-state index >= 15 is 0 Å². The summed E-state index contributed by atoms with van der Waals surface area (Å²) in [6.45, 7) is 7.66. The number of unbranched alkanes of at least 4 members (excludes halogenated alkanes) is 5. The van der Waals surface area contributed by atoms with Crippen molar-refractivity contribution < 1.29 is 14.6 Å². The number of hydrogen-bond donors (Lipinski definition) is 1. The molecule has 0 unspecified atom stereocenters. The van der Waals surface area contributed by atoms with Crippen molar-refractivity contribution in [3.63, 3.8) is 0 Å². The number of hydrogen-bond acceptors (Lipinski definition) is 3. The smallest absolute Gasteiger partial charge is 0.316 e. The van der Waals surface area contributed by atoms with Crippen LogP contribution in [0.15, 0.2) is 11.7 Å². The van der Waals surface area contributed by atoms with E-state index in [4.69, 9.17) is 9.47 Å². The van der Waals surface area contributed by atoms with Crippen LogP contribution >= 0.6 is 0 Å². The van der Waals surface area contributed by atoms with E-state index in [1.807, 2.05) is 0 Å². The molecule has 114 valence electrons. The first-order chi connectivity index (χ1) is 9.26. The summed E-state index contributed by atoms with van der Waals surface area (Å²) in [5, 5.41) is 9.92. The van der Waals surface area contributed by atoms with E-state index in [0.29, 0.717) is 19.0 Å². The van der Waals surface area contributed by atoms with Gasteiger partial charge in [-0.15, -0.1) is 0 Å². The Morgan fingerprint density at radius 2 is 1.32 bits per heavy atom. The van der Waals surface area contributed by atoms with E-state index in [1.165, 1.54) is 19.3 Å². The van der Waals surface area contributed by atoms with Crippen LogP contribution in [0.25, 0.3) is 0 Å². The zero-order valence-electron chi connectivity index (χ0n) is 13.0. The quantitative estimate of drug-likeness (QED) is 0.364. The average molecular weight is 272 g/mol. The molecule has 19 heavy (non-hydrogen) atoms. The molecule has 0 aromatic heterocycles. The van der Waals surface area contributed by atoms with Crippen LogP contribution in [0.1, 0.15) is 78.6 Å². The maximum Gasteiger partial charge on any atom is 0.316 e. The van der Waals surface area contributed by atoms with E-state index in [1.54, 1.807) is 0 Å². The fraction of sp³-hybridized carbons (Fsp3) is 0.875. The SMILES string of the molecule is CCCCCCC(OCCCC)=C(O)OCCCC. The van der Waals surface area contributed by atoms with Gasteiger partial charge >= 0.3 is 5.95 Å². The summed E-state index contributed by atoms with van der Waals surface area (Å²) in [6.07, 6.45) is 9.60. The van der Waals surface area contributed by atoms with E-state index in [0.717, 1.165) is 38.5 Å². The third-order valence-electron chi connectivity index (χ3n) is 3.01. The van der Waals surface area contributed by atoms with Crippen LogP contribution < -0.4 is 0 Å². The van der Waals surface area contributed by atoms with Crippen molar-refractivity contribution in [2.75, 3.05) is 13.2 Å². The van der Waals surface area contributed by atoms with Gasteiger partial charge in [0.05, 0.1) is 13.2 Å². The zero-order valence-corrected chi connectivity index (χ0v) is 13.0. The molecule has 0 aliphatic rings. The molecule has 0 fully saturated rings. The molecule has 0 aliphatic heterocycles. The molecule has 3 nitrogen and oxygen atoms in total. The lowest BCUT2D eigenvalue weighted by atomic mass is 10.1. The van der Waals surface area contributed by atoms with Crippen molar-refractivity contribution in [1.82, 2.24) is 0 Å². The second-order valence-corrected chi connectivity index (χ2v) is 4.94. The van der Waals surface area contributed by atoms with Crippen molar-refractivity contribution in [3.05, 3.63) is 11.7 Å². The molecule has 0 radical (unpaired) electrons. The van der Waals surface area contributed by atoms with Crippen LogP contribution in [0.2, 0.25) is 0 Å². The first kappa shape index (κ1) is 18.1. The zero-order chi connectivity index (χ0) is 14.3. The Balaban J connectivity index is 4.15. The molecule has 0 amide bonds. The molecular formula is C16H32O3. The van der Waals surface area contributed by atoms with Crippen LogP contribution in [0, 0.1) is 0 Å². The Labute approximate surface area is 119 Å². The summed E-state index contributed by atoms with van der Waals surface area (Å²) in [4.78, 5) is 0. The van der Waals surface area contributed by atoms with E-state index in [9.17, 15) is 5.11 Å². The first-order valence-corrected chi connectivity index (χ1v) is 7.93. The highest BCUT2D eigenvalue weighted by atomic mass is 16.6. The highest BCUT2D eigenvalue weighted by molar-refractivity contribution is 4.93. The van der Waals surface area contributed by atoms with Gasteiger partial charge in [0.2, 0.25) is 0 Å². The fourth-order valence-corrected chi connectivity index (χ4v) is 1.69. The van der Waals surface area contributed by atoms with Gasteiger partial charge in [-0.25, -0.2) is 0 Å². The summed E-state index contributed by atoms with van der Waals surface area (Å²) in [5.41, 5.74) is 0. The second kappa shape index (κ2) is 13.6. The monoisotopic (exact) mass is 272 g/mol. The van der Waals surface area contributed by atoms with Crippen LogP contribution in [0.5, 0.6) is 0 Å². The summed E-state index contributed by atoms with van der Waals surface area (Å²) in [5.74, 6) is 0.640. The van der Waals surface area contributed by atoms with Crippen molar-refractivity contribution in [2.45, 2.75) is 78.6 Å². The van der Waals surface area contributed by atoms with Gasteiger partial charge < -0.3 is 14.6 Å².